The number of aliphatic carboxylic acids is 1. The highest BCUT2D eigenvalue weighted by Gasteiger charge is 2.12. The third-order valence-corrected chi connectivity index (χ3v) is 2.72. The number of hydrogen-bond donors (Lipinski definition) is 1. The van der Waals surface area contributed by atoms with E-state index in [0.717, 1.165) is 6.07 Å². The Kier molecular flexibility index (Phi) is 3.59. The summed E-state index contributed by atoms with van der Waals surface area (Å²) in [6.07, 6.45) is 1.50. The molecule has 0 fully saturated rings. The zero-order chi connectivity index (χ0) is 14.0. The molecule has 0 aliphatic rings. The van der Waals surface area contributed by atoms with Crippen LogP contribution in [-0.4, -0.2) is 20.9 Å². The number of benzene rings is 1. The van der Waals surface area contributed by atoms with Crippen LogP contribution in [0.4, 0.5) is 8.78 Å². The number of aromatic nitrogens is 2. The van der Waals surface area contributed by atoms with Gasteiger partial charge in [-0.05, 0) is 19.1 Å². The molecular weight excluding hydrogens is 254 g/mol. The van der Waals surface area contributed by atoms with E-state index in [1.807, 2.05) is 0 Å². The molecule has 0 aliphatic heterocycles. The van der Waals surface area contributed by atoms with Crippen LogP contribution in [0.5, 0.6) is 0 Å². The van der Waals surface area contributed by atoms with Gasteiger partial charge in [0.25, 0.3) is 0 Å². The van der Waals surface area contributed by atoms with Crippen molar-refractivity contribution in [2.24, 2.45) is 0 Å². The molecule has 0 radical (unpaired) electrons. The van der Waals surface area contributed by atoms with Crippen LogP contribution in [0, 0.1) is 18.6 Å². The first-order valence-corrected chi connectivity index (χ1v) is 5.68. The van der Waals surface area contributed by atoms with Crippen LogP contribution in [0.1, 0.15) is 12.1 Å². The van der Waals surface area contributed by atoms with Gasteiger partial charge in [-0.3, -0.25) is 9.48 Å². The third kappa shape index (κ3) is 2.96. The van der Waals surface area contributed by atoms with Gasteiger partial charge in [0.05, 0.1) is 18.7 Å². The Morgan fingerprint density at radius 1 is 1.37 bits per heavy atom. The third-order valence-electron chi connectivity index (χ3n) is 2.72. The molecular formula is C13H12F2N2O2. The molecule has 1 aromatic heterocycles. The second-order valence-corrected chi connectivity index (χ2v) is 4.16. The van der Waals surface area contributed by atoms with Gasteiger partial charge >= 0.3 is 5.97 Å². The van der Waals surface area contributed by atoms with Crippen molar-refractivity contribution in [3.05, 3.63) is 41.7 Å². The molecule has 0 unspecified atom stereocenters. The van der Waals surface area contributed by atoms with Gasteiger partial charge in [-0.25, -0.2) is 8.78 Å². The van der Waals surface area contributed by atoms with Gasteiger partial charge in [-0.2, -0.15) is 5.10 Å². The van der Waals surface area contributed by atoms with E-state index in [-0.39, 0.29) is 18.5 Å². The van der Waals surface area contributed by atoms with Crippen LogP contribution in [0.25, 0.3) is 11.1 Å². The molecule has 4 nitrogen and oxygen atoms in total. The molecule has 0 saturated heterocycles. The Morgan fingerprint density at radius 2 is 2.11 bits per heavy atom. The number of carboxylic acid groups (broad SMARTS) is 1. The molecule has 0 aliphatic carbocycles. The lowest BCUT2D eigenvalue weighted by molar-refractivity contribution is -0.137. The molecule has 1 N–H and O–H groups in total. The Balaban J connectivity index is 2.32. The van der Waals surface area contributed by atoms with Crippen molar-refractivity contribution < 1.29 is 18.7 Å². The van der Waals surface area contributed by atoms with Crippen molar-refractivity contribution in [1.82, 2.24) is 9.78 Å². The van der Waals surface area contributed by atoms with Crippen molar-refractivity contribution in [3.63, 3.8) is 0 Å². The van der Waals surface area contributed by atoms with Crippen LogP contribution in [0.3, 0.4) is 0 Å². The second-order valence-electron chi connectivity index (χ2n) is 4.16. The monoisotopic (exact) mass is 266 g/mol. The SMILES string of the molecule is Cc1nn(CCC(=O)O)cc1-c1ccc(F)cc1F. The van der Waals surface area contributed by atoms with E-state index in [0.29, 0.717) is 11.3 Å². The minimum atomic E-state index is -0.928. The fourth-order valence-electron chi connectivity index (χ4n) is 1.81. The molecule has 100 valence electrons. The van der Waals surface area contributed by atoms with Gasteiger partial charge in [0, 0.05) is 23.4 Å². The quantitative estimate of drug-likeness (QED) is 0.925. The van der Waals surface area contributed by atoms with Crippen molar-refractivity contribution in [1.29, 1.82) is 0 Å². The number of hydrogen-bond acceptors (Lipinski definition) is 2. The summed E-state index contributed by atoms with van der Waals surface area (Å²) < 4.78 is 28.0. The van der Waals surface area contributed by atoms with Gasteiger partial charge in [0.2, 0.25) is 0 Å². The Labute approximate surface area is 108 Å². The Bertz CT molecular complexity index is 623. The maximum absolute atomic E-state index is 13.7. The van der Waals surface area contributed by atoms with Crippen LogP contribution in [0.2, 0.25) is 0 Å². The van der Waals surface area contributed by atoms with Crippen LogP contribution >= 0.6 is 0 Å². The van der Waals surface area contributed by atoms with Gasteiger partial charge < -0.3 is 5.11 Å². The summed E-state index contributed by atoms with van der Waals surface area (Å²) in [5, 5.41) is 12.7. The summed E-state index contributed by atoms with van der Waals surface area (Å²) in [5.41, 5.74) is 1.35. The van der Waals surface area contributed by atoms with Gasteiger partial charge in [0.1, 0.15) is 11.6 Å². The first-order chi connectivity index (χ1) is 8.97. The lowest BCUT2D eigenvalue weighted by atomic mass is 10.1. The average molecular weight is 266 g/mol. The number of carbonyl (C=O) groups is 1. The molecule has 1 aromatic carbocycles. The fraction of sp³-hybridized carbons (Fsp3) is 0.231. The summed E-state index contributed by atoms with van der Waals surface area (Å²) in [7, 11) is 0. The minimum Gasteiger partial charge on any atom is -0.481 e. The highest BCUT2D eigenvalue weighted by Crippen LogP contribution is 2.26. The van der Waals surface area contributed by atoms with E-state index < -0.39 is 17.6 Å². The summed E-state index contributed by atoms with van der Waals surface area (Å²) in [6, 6.07) is 3.33. The molecule has 6 heteroatoms. The van der Waals surface area contributed by atoms with Crippen molar-refractivity contribution in [2.45, 2.75) is 19.9 Å². The van der Waals surface area contributed by atoms with Crippen molar-refractivity contribution >= 4 is 5.97 Å². The maximum atomic E-state index is 13.7. The van der Waals surface area contributed by atoms with E-state index in [4.69, 9.17) is 5.11 Å². The number of aryl methyl sites for hydroxylation is 2. The highest BCUT2D eigenvalue weighted by atomic mass is 19.1. The summed E-state index contributed by atoms with van der Waals surface area (Å²) in [6.45, 7) is 1.90. The number of rotatable bonds is 4. The second kappa shape index (κ2) is 5.17. The zero-order valence-corrected chi connectivity index (χ0v) is 10.2. The van der Waals surface area contributed by atoms with Crippen molar-refractivity contribution in [3.8, 4) is 11.1 Å². The summed E-state index contributed by atoms with van der Waals surface area (Å²) in [5.74, 6) is -2.24. The molecule has 0 saturated carbocycles. The molecule has 2 aromatic rings. The lowest BCUT2D eigenvalue weighted by Gasteiger charge is -2.01. The number of nitrogens with zero attached hydrogens (tertiary/aromatic N) is 2. The predicted octanol–water partition coefficient (Wildman–Crippen LogP) is 2.61. The summed E-state index contributed by atoms with van der Waals surface area (Å²) >= 11 is 0. The first-order valence-electron chi connectivity index (χ1n) is 5.68. The van der Waals surface area contributed by atoms with Crippen LogP contribution in [-0.2, 0) is 11.3 Å². The first kappa shape index (κ1) is 13.2. The minimum absolute atomic E-state index is 0.0630. The van der Waals surface area contributed by atoms with E-state index >= 15 is 0 Å². The Morgan fingerprint density at radius 3 is 2.74 bits per heavy atom. The lowest BCUT2D eigenvalue weighted by Crippen LogP contribution is -2.04. The van der Waals surface area contributed by atoms with Crippen LogP contribution in [0.15, 0.2) is 24.4 Å². The van der Waals surface area contributed by atoms with Gasteiger partial charge in [0.15, 0.2) is 0 Å². The largest absolute Gasteiger partial charge is 0.481 e. The van der Waals surface area contributed by atoms with Gasteiger partial charge in [-0.1, -0.05) is 0 Å². The van der Waals surface area contributed by atoms with E-state index in [1.54, 1.807) is 13.1 Å². The molecule has 19 heavy (non-hydrogen) atoms. The normalized spacial score (nSPS) is 10.7. The standard InChI is InChI=1S/C13H12F2N2O2/c1-8-11(7-17(16-8)5-4-13(18)19)10-3-2-9(14)6-12(10)15/h2-3,6-7H,4-5H2,1H3,(H,18,19). The molecule has 0 amide bonds. The van der Waals surface area contributed by atoms with E-state index in [2.05, 4.69) is 5.10 Å². The highest BCUT2D eigenvalue weighted by molar-refractivity contribution is 5.67. The van der Waals surface area contributed by atoms with E-state index in [1.165, 1.54) is 16.8 Å². The molecule has 0 spiro atoms. The van der Waals surface area contributed by atoms with Gasteiger partial charge in [-0.15, -0.1) is 0 Å². The fourth-order valence-corrected chi connectivity index (χ4v) is 1.81. The average Bonchev–Trinajstić information content (AvgIpc) is 2.68. The smallest absolute Gasteiger partial charge is 0.305 e. The predicted molar refractivity (Wildman–Crippen MR) is 64.6 cm³/mol. The zero-order valence-electron chi connectivity index (χ0n) is 10.2. The molecule has 0 atom stereocenters. The molecule has 2 rings (SSSR count). The number of carboxylic acids is 1. The van der Waals surface area contributed by atoms with Crippen molar-refractivity contribution in [2.75, 3.05) is 0 Å². The van der Waals surface area contributed by atoms with Crippen LogP contribution < -0.4 is 0 Å². The molecule has 0 bridgehead atoms. The maximum Gasteiger partial charge on any atom is 0.305 e. The summed E-state index contributed by atoms with van der Waals surface area (Å²) in [4.78, 5) is 10.5. The number of halogens is 2. The Hall–Kier alpha value is -2.24. The molecule has 1 heterocycles. The van der Waals surface area contributed by atoms with E-state index in [9.17, 15) is 13.6 Å². The topological polar surface area (TPSA) is 55.1 Å².